The van der Waals surface area contributed by atoms with Crippen molar-refractivity contribution in [2.75, 3.05) is 5.84 Å². The molecule has 4 aromatic rings. The van der Waals surface area contributed by atoms with Crippen molar-refractivity contribution < 1.29 is 4.52 Å². The Balaban J connectivity index is 1.53. The average Bonchev–Trinajstić information content (AvgIpc) is 3.31. The maximum atomic E-state index is 6.20. The van der Waals surface area contributed by atoms with Crippen LogP contribution < -0.4 is 5.84 Å². The fourth-order valence-corrected chi connectivity index (χ4v) is 3.37. The molecular weight excluding hydrogens is 360 g/mol. The molecule has 0 unspecified atom stereocenters. The van der Waals surface area contributed by atoms with E-state index in [0.29, 0.717) is 22.7 Å². The Morgan fingerprint density at radius 2 is 1.74 bits per heavy atom. The molecule has 2 aromatic heterocycles. The van der Waals surface area contributed by atoms with Crippen LogP contribution in [0.4, 0.5) is 0 Å². The Morgan fingerprint density at radius 1 is 1.00 bits per heavy atom. The summed E-state index contributed by atoms with van der Waals surface area (Å²) in [6.07, 6.45) is 0. The number of hydrogen-bond acceptors (Lipinski definition) is 7. The summed E-state index contributed by atoms with van der Waals surface area (Å²) >= 11 is 1.42. The van der Waals surface area contributed by atoms with Crippen molar-refractivity contribution in [1.29, 1.82) is 0 Å². The quantitative estimate of drug-likeness (QED) is 0.416. The molecule has 1 atom stereocenters. The van der Waals surface area contributed by atoms with Crippen LogP contribution in [0.1, 0.15) is 23.6 Å². The zero-order valence-corrected chi connectivity index (χ0v) is 15.7. The number of aryl methyl sites for hydroxylation is 1. The first-order chi connectivity index (χ1) is 13.1. The smallest absolute Gasteiger partial charge is 0.240 e. The van der Waals surface area contributed by atoms with Gasteiger partial charge in [-0.1, -0.05) is 77.1 Å². The molecule has 0 spiro atoms. The van der Waals surface area contributed by atoms with E-state index in [9.17, 15) is 0 Å². The highest BCUT2D eigenvalue weighted by atomic mass is 32.2. The maximum Gasteiger partial charge on any atom is 0.240 e. The van der Waals surface area contributed by atoms with Gasteiger partial charge in [0.05, 0.1) is 5.25 Å². The van der Waals surface area contributed by atoms with Gasteiger partial charge in [-0.3, -0.25) is 0 Å². The topological polar surface area (TPSA) is 95.6 Å². The Labute approximate surface area is 160 Å². The summed E-state index contributed by atoms with van der Waals surface area (Å²) in [5.74, 6) is 7.89. The molecule has 4 rings (SSSR count). The number of rotatable bonds is 5. The second-order valence-corrected chi connectivity index (χ2v) is 7.43. The minimum absolute atomic E-state index is 0.118. The summed E-state index contributed by atoms with van der Waals surface area (Å²) in [6, 6.07) is 17.7. The lowest BCUT2D eigenvalue weighted by Gasteiger charge is -2.06. The highest BCUT2D eigenvalue weighted by Gasteiger charge is 2.21. The summed E-state index contributed by atoms with van der Waals surface area (Å²) in [5.41, 5.74) is 3.00. The van der Waals surface area contributed by atoms with Crippen LogP contribution in [0.3, 0.4) is 0 Å². The molecule has 7 nitrogen and oxygen atoms in total. The van der Waals surface area contributed by atoms with Crippen LogP contribution in [0.5, 0.6) is 0 Å². The third-order valence-corrected chi connectivity index (χ3v) is 5.12. The highest BCUT2D eigenvalue weighted by Crippen LogP contribution is 2.34. The van der Waals surface area contributed by atoms with Gasteiger partial charge in [0.1, 0.15) is 0 Å². The van der Waals surface area contributed by atoms with Gasteiger partial charge < -0.3 is 10.4 Å². The van der Waals surface area contributed by atoms with Gasteiger partial charge in [-0.05, 0) is 13.8 Å². The van der Waals surface area contributed by atoms with Crippen molar-refractivity contribution in [2.24, 2.45) is 0 Å². The first kappa shape index (κ1) is 17.3. The molecular formula is C19H18N6OS. The summed E-state index contributed by atoms with van der Waals surface area (Å²) in [7, 11) is 0. The lowest BCUT2D eigenvalue weighted by molar-refractivity contribution is 0.380. The molecule has 2 N–H and O–H groups in total. The van der Waals surface area contributed by atoms with E-state index < -0.39 is 0 Å². The monoisotopic (exact) mass is 378 g/mol. The number of nitrogens with two attached hydrogens (primary N) is 1. The number of thioether (sulfide) groups is 1. The van der Waals surface area contributed by atoms with Gasteiger partial charge in [-0.25, -0.2) is 4.68 Å². The van der Waals surface area contributed by atoms with Gasteiger partial charge >= 0.3 is 0 Å². The van der Waals surface area contributed by atoms with Crippen molar-refractivity contribution >= 4 is 11.8 Å². The molecule has 27 heavy (non-hydrogen) atoms. The van der Waals surface area contributed by atoms with Crippen molar-refractivity contribution in [1.82, 2.24) is 25.0 Å². The van der Waals surface area contributed by atoms with Crippen LogP contribution >= 0.6 is 11.8 Å². The molecule has 0 aliphatic carbocycles. The molecule has 0 radical (unpaired) electrons. The molecule has 2 aromatic carbocycles. The zero-order valence-electron chi connectivity index (χ0n) is 14.9. The van der Waals surface area contributed by atoms with Crippen molar-refractivity contribution in [3.63, 3.8) is 0 Å². The molecule has 136 valence electrons. The standard InChI is InChI=1S/C19H18N6OS/c1-12-8-10-15(11-9-12)17-22-23-19(25(17)20)27-13(2)18-21-16(24-26-18)14-6-4-3-5-7-14/h3-11,13H,20H2,1-2H3/t13-/m1/s1. The van der Waals surface area contributed by atoms with Crippen LogP contribution in [0.15, 0.2) is 64.3 Å². The normalized spacial score (nSPS) is 12.2. The predicted molar refractivity (Wildman–Crippen MR) is 104 cm³/mol. The van der Waals surface area contributed by atoms with E-state index in [0.717, 1.165) is 11.1 Å². The van der Waals surface area contributed by atoms with E-state index in [1.54, 1.807) is 0 Å². The second kappa shape index (κ2) is 7.24. The van der Waals surface area contributed by atoms with Gasteiger partial charge in [0, 0.05) is 11.1 Å². The molecule has 0 saturated carbocycles. The second-order valence-electron chi connectivity index (χ2n) is 6.12. The van der Waals surface area contributed by atoms with E-state index in [4.69, 9.17) is 10.4 Å². The average molecular weight is 378 g/mol. The Bertz CT molecular complexity index is 1040. The zero-order chi connectivity index (χ0) is 18.8. The van der Waals surface area contributed by atoms with Crippen molar-refractivity contribution in [3.8, 4) is 22.8 Å². The molecule has 8 heteroatoms. The van der Waals surface area contributed by atoms with Gasteiger partial charge in [-0.15, -0.1) is 10.2 Å². The maximum absolute atomic E-state index is 6.20. The Morgan fingerprint density at radius 3 is 2.48 bits per heavy atom. The minimum atomic E-state index is -0.118. The summed E-state index contributed by atoms with van der Waals surface area (Å²) < 4.78 is 6.90. The number of nitrogens with zero attached hydrogens (tertiary/aromatic N) is 5. The lowest BCUT2D eigenvalue weighted by atomic mass is 10.1. The van der Waals surface area contributed by atoms with Gasteiger partial charge in [-0.2, -0.15) is 4.98 Å². The summed E-state index contributed by atoms with van der Waals surface area (Å²) in [5, 5.41) is 12.9. The third-order valence-electron chi connectivity index (χ3n) is 4.08. The third kappa shape index (κ3) is 3.56. The summed E-state index contributed by atoms with van der Waals surface area (Å²) in [6.45, 7) is 4.00. The van der Waals surface area contributed by atoms with Crippen LogP contribution in [0.25, 0.3) is 22.8 Å². The highest BCUT2D eigenvalue weighted by molar-refractivity contribution is 7.99. The first-order valence-corrected chi connectivity index (χ1v) is 9.33. The molecule has 0 fully saturated rings. The number of nitrogen functional groups attached to an aromatic ring is 1. The lowest BCUT2D eigenvalue weighted by Crippen LogP contribution is -2.12. The SMILES string of the molecule is Cc1ccc(-c2nnc(S[C@H](C)c3nc(-c4ccccc4)no3)n2N)cc1. The molecule has 0 aliphatic rings. The molecule has 0 bridgehead atoms. The van der Waals surface area contributed by atoms with Crippen LogP contribution in [0, 0.1) is 6.92 Å². The van der Waals surface area contributed by atoms with E-state index in [-0.39, 0.29) is 5.25 Å². The van der Waals surface area contributed by atoms with E-state index >= 15 is 0 Å². The molecule has 0 amide bonds. The molecule has 2 heterocycles. The largest absolute Gasteiger partial charge is 0.338 e. The van der Waals surface area contributed by atoms with E-state index in [2.05, 4.69) is 20.3 Å². The van der Waals surface area contributed by atoms with E-state index in [1.165, 1.54) is 22.0 Å². The van der Waals surface area contributed by atoms with Gasteiger partial charge in [0.2, 0.25) is 16.9 Å². The van der Waals surface area contributed by atoms with Crippen LogP contribution in [-0.2, 0) is 0 Å². The van der Waals surface area contributed by atoms with Crippen molar-refractivity contribution in [3.05, 3.63) is 66.1 Å². The Kier molecular flexibility index (Phi) is 4.64. The van der Waals surface area contributed by atoms with Gasteiger partial charge in [0.15, 0.2) is 5.82 Å². The van der Waals surface area contributed by atoms with Gasteiger partial charge in [0.25, 0.3) is 0 Å². The van der Waals surface area contributed by atoms with Crippen LogP contribution in [0.2, 0.25) is 0 Å². The minimum Gasteiger partial charge on any atom is -0.338 e. The fourth-order valence-electron chi connectivity index (χ4n) is 2.57. The predicted octanol–water partition coefficient (Wildman–Crippen LogP) is 3.87. The van der Waals surface area contributed by atoms with Crippen LogP contribution in [-0.4, -0.2) is 25.0 Å². The first-order valence-electron chi connectivity index (χ1n) is 8.45. The number of aromatic nitrogens is 5. The molecule has 0 aliphatic heterocycles. The van der Waals surface area contributed by atoms with E-state index in [1.807, 2.05) is 68.4 Å². The summed E-state index contributed by atoms with van der Waals surface area (Å²) in [4.78, 5) is 4.48. The Hall–Kier alpha value is -3.13. The number of hydrogen-bond donors (Lipinski definition) is 1. The number of benzene rings is 2. The van der Waals surface area contributed by atoms with Crippen molar-refractivity contribution in [2.45, 2.75) is 24.3 Å². The molecule has 0 saturated heterocycles. The fraction of sp³-hybridized carbons (Fsp3) is 0.158.